The van der Waals surface area contributed by atoms with E-state index < -0.39 is 0 Å². The van der Waals surface area contributed by atoms with Crippen LogP contribution in [0.3, 0.4) is 0 Å². The van der Waals surface area contributed by atoms with Crippen molar-refractivity contribution >= 4 is 45.8 Å². The topological polar surface area (TPSA) is 98.5 Å². The number of thiophene rings is 1. The third kappa shape index (κ3) is 3.86. The Balaban J connectivity index is 1.49. The number of nitrogens with one attached hydrogen (secondary N) is 1. The third-order valence-corrected chi connectivity index (χ3v) is 6.79. The van der Waals surface area contributed by atoms with Crippen LogP contribution in [0.4, 0.5) is 5.00 Å². The number of hydrogen-bond donors (Lipinski definition) is 1. The fraction of sp³-hybridized carbons (Fsp3) is 0.421. The zero-order chi connectivity index (χ0) is 20.5. The van der Waals surface area contributed by atoms with E-state index in [1.54, 1.807) is 6.92 Å². The van der Waals surface area contributed by atoms with Crippen molar-refractivity contribution in [2.45, 2.75) is 45.2 Å². The monoisotopic (exact) mass is 431 g/mol. The quantitative estimate of drug-likeness (QED) is 0.473. The third-order valence-electron chi connectivity index (χ3n) is 4.65. The van der Waals surface area contributed by atoms with E-state index in [2.05, 4.69) is 20.5 Å². The molecule has 0 radical (unpaired) electrons. The molecule has 1 aliphatic rings. The van der Waals surface area contributed by atoms with E-state index in [1.807, 2.05) is 24.3 Å². The van der Waals surface area contributed by atoms with E-state index in [0.29, 0.717) is 28.1 Å². The molecule has 0 aliphatic heterocycles. The van der Waals surface area contributed by atoms with Gasteiger partial charge in [-0.2, -0.15) is 0 Å². The van der Waals surface area contributed by atoms with Crippen LogP contribution in [-0.4, -0.2) is 43.8 Å². The number of esters is 1. The zero-order valence-corrected chi connectivity index (χ0v) is 18.1. The summed E-state index contributed by atoms with van der Waals surface area (Å²) in [5, 5.41) is 12.3. The molecule has 3 heterocycles. The van der Waals surface area contributed by atoms with Crippen LogP contribution in [0.2, 0.25) is 0 Å². The number of aryl methyl sites for hydroxylation is 3. The van der Waals surface area contributed by atoms with E-state index in [-0.39, 0.29) is 17.6 Å². The lowest BCUT2D eigenvalue weighted by molar-refractivity contribution is -0.113. The summed E-state index contributed by atoms with van der Waals surface area (Å²) < 4.78 is 7.03. The number of amides is 1. The van der Waals surface area contributed by atoms with E-state index in [0.717, 1.165) is 41.1 Å². The van der Waals surface area contributed by atoms with Crippen LogP contribution < -0.4 is 5.32 Å². The SMILES string of the molecule is CCOC(=O)c1c(NC(=O)CSc2nnc3nc(C)cc(C)n23)sc2c1CCC2. The minimum atomic E-state index is -0.365. The first-order valence-corrected chi connectivity index (χ1v) is 11.2. The first-order chi connectivity index (χ1) is 14.0. The molecule has 0 saturated heterocycles. The Morgan fingerprint density at radius 1 is 1.31 bits per heavy atom. The second-order valence-electron chi connectivity index (χ2n) is 6.78. The maximum absolute atomic E-state index is 12.6. The lowest BCUT2D eigenvalue weighted by Crippen LogP contribution is -2.17. The van der Waals surface area contributed by atoms with Crippen molar-refractivity contribution < 1.29 is 14.3 Å². The van der Waals surface area contributed by atoms with Gasteiger partial charge < -0.3 is 10.1 Å². The fourth-order valence-corrected chi connectivity index (χ4v) is 5.58. The minimum Gasteiger partial charge on any atom is -0.462 e. The highest BCUT2D eigenvalue weighted by molar-refractivity contribution is 7.99. The molecule has 0 aromatic carbocycles. The molecule has 152 valence electrons. The molecule has 1 N–H and O–H groups in total. The van der Waals surface area contributed by atoms with E-state index in [4.69, 9.17) is 4.74 Å². The molecule has 1 amide bonds. The average Bonchev–Trinajstić information content (AvgIpc) is 3.34. The molecule has 4 rings (SSSR count). The molecular formula is C19H21N5O3S2. The lowest BCUT2D eigenvalue weighted by Gasteiger charge is -2.08. The molecule has 0 fully saturated rings. The molecule has 29 heavy (non-hydrogen) atoms. The van der Waals surface area contributed by atoms with Crippen LogP contribution in [0, 0.1) is 13.8 Å². The van der Waals surface area contributed by atoms with Crippen LogP contribution in [0.5, 0.6) is 0 Å². The minimum absolute atomic E-state index is 0.152. The normalized spacial score (nSPS) is 12.9. The van der Waals surface area contributed by atoms with Crippen molar-refractivity contribution in [3.63, 3.8) is 0 Å². The van der Waals surface area contributed by atoms with Crippen LogP contribution in [0.15, 0.2) is 11.2 Å². The summed E-state index contributed by atoms with van der Waals surface area (Å²) in [7, 11) is 0. The Labute approximate surface area is 176 Å². The van der Waals surface area contributed by atoms with Gasteiger partial charge in [0.1, 0.15) is 5.00 Å². The van der Waals surface area contributed by atoms with Gasteiger partial charge in [0.2, 0.25) is 5.91 Å². The van der Waals surface area contributed by atoms with Gasteiger partial charge in [0.05, 0.1) is 17.9 Å². The molecule has 0 saturated carbocycles. The van der Waals surface area contributed by atoms with Gasteiger partial charge in [0, 0.05) is 16.3 Å². The fourth-order valence-electron chi connectivity index (χ4n) is 3.50. The number of rotatable bonds is 6. The second-order valence-corrected chi connectivity index (χ2v) is 8.82. The maximum Gasteiger partial charge on any atom is 0.341 e. The van der Waals surface area contributed by atoms with Gasteiger partial charge in [-0.3, -0.25) is 9.20 Å². The maximum atomic E-state index is 12.6. The first-order valence-electron chi connectivity index (χ1n) is 9.41. The Morgan fingerprint density at radius 2 is 2.14 bits per heavy atom. The Morgan fingerprint density at radius 3 is 2.93 bits per heavy atom. The highest BCUT2D eigenvalue weighted by Crippen LogP contribution is 2.39. The number of ether oxygens (including phenoxy) is 1. The first kappa shape index (κ1) is 19.8. The van der Waals surface area contributed by atoms with E-state index >= 15 is 0 Å². The summed E-state index contributed by atoms with van der Waals surface area (Å²) in [6.45, 7) is 5.94. The van der Waals surface area contributed by atoms with Gasteiger partial charge >= 0.3 is 5.97 Å². The smallest absolute Gasteiger partial charge is 0.341 e. The molecule has 3 aromatic rings. The number of anilines is 1. The number of carbonyl (C=O) groups is 2. The molecule has 3 aromatic heterocycles. The Hall–Kier alpha value is -2.46. The summed E-state index contributed by atoms with van der Waals surface area (Å²) in [6, 6.07) is 1.94. The lowest BCUT2D eigenvalue weighted by atomic mass is 10.1. The largest absolute Gasteiger partial charge is 0.462 e. The molecule has 0 unspecified atom stereocenters. The number of nitrogens with zero attached hydrogens (tertiary/aromatic N) is 4. The standard InChI is InChI=1S/C19H21N5O3S2/c1-4-27-17(26)15-12-6-5-7-13(12)29-16(15)21-14(25)9-28-19-23-22-18-20-10(2)8-11(3)24(18)19/h8H,4-7,9H2,1-3H3,(H,21,25). The van der Waals surface area contributed by atoms with Crippen LogP contribution in [-0.2, 0) is 22.4 Å². The van der Waals surface area contributed by atoms with Crippen molar-refractivity contribution in [1.82, 2.24) is 19.6 Å². The number of hydrogen-bond acceptors (Lipinski definition) is 8. The molecule has 0 spiro atoms. The van der Waals surface area contributed by atoms with Crippen molar-refractivity contribution in [2.24, 2.45) is 0 Å². The molecular weight excluding hydrogens is 410 g/mol. The molecule has 1 aliphatic carbocycles. The predicted molar refractivity (Wildman–Crippen MR) is 112 cm³/mol. The summed E-state index contributed by atoms with van der Waals surface area (Å²) in [5.74, 6) is 0.105. The summed E-state index contributed by atoms with van der Waals surface area (Å²) in [5.41, 5.74) is 3.37. The number of thioether (sulfide) groups is 1. The highest BCUT2D eigenvalue weighted by atomic mass is 32.2. The highest BCUT2D eigenvalue weighted by Gasteiger charge is 2.28. The zero-order valence-electron chi connectivity index (χ0n) is 16.4. The van der Waals surface area contributed by atoms with Gasteiger partial charge in [0.25, 0.3) is 5.78 Å². The van der Waals surface area contributed by atoms with Crippen LogP contribution in [0.25, 0.3) is 5.78 Å². The number of fused-ring (bicyclic) bond motifs is 2. The summed E-state index contributed by atoms with van der Waals surface area (Å²) >= 11 is 2.76. The van der Waals surface area contributed by atoms with Gasteiger partial charge in [-0.25, -0.2) is 9.78 Å². The van der Waals surface area contributed by atoms with Gasteiger partial charge in [-0.05, 0) is 51.7 Å². The molecule has 0 atom stereocenters. The van der Waals surface area contributed by atoms with Crippen molar-refractivity contribution in [3.8, 4) is 0 Å². The van der Waals surface area contributed by atoms with Gasteiger partial charge in [0.15, 0.2) is 5.16 Å². The van der Waals surface area contributed by atoms with Crippen molar-refractivity contribution in [2.75, 3.05) is 17.7 Å². The van der Waals surface area contributed by atoms with E-state index in [1.165, 1.54) is 23.1 Å². The number of aromatic nitrogens is 4. The molecule has 0 bridgehead atoms. The van der Waals surface area contributed by atoms with Crippen molar-refractivity contribution in [1.29, 1.82) is 0 Å². The predicted octanol–water partition coefficient (Wildman–Crippen LogP) is 3.20. The van der Waals surface area contributed by atoms with Crippen molar-refractivity contribution in [3.05, 3.63) is 33.5 Å². The summed E-state index contributed by atoms with van der Waals surface area (Å²) in [4.78, 5) is 30.5. The van der Waals surface area contributed by atoms with Crippen LogP contribution in [0.1, 0.15) is 45.5 Å². The Bertz CT molecular complexity index is 1110. The summed E-state index contributed by atoms with van der Waals surface area (Å²) in [6.07, 6.45) is 2.82. The Kier molecular flexibility index (Phi) is 5.55. The molecule has 8 nitrogen and oxygen atoms in total. The molecule has 10 heteroatoms. The van der Waals surface area contributed by atoms with Gasteiger partial charge in [-0.15, -0.1) is 21.5 Å². The average molecular weight is 432 g/mol. The number of carbonyl (C=O) groups excluding carboxylic acids is 2. The second kappa shape index (κ2) is 8.11. The van der Waals surface area contributed by atoms with Crippen LogP contribution >= 0.6 is 23.1 Å². The van der Waals surface area contributed by atoms with E-state index in [9.17, 15) is 9.59 Å². The van der Waals surface area contributed by atoms with Gasteiger partial charge in [-0.1, -0.05) is 11.8 Å².